The van der Waals surface area contributed by atoms with Crippen molar-refractivity contribution in [2.24, 2.45) is 5.92 Å². The van der Waals surface area contributed by atoms with E-state index in [0.717, 1.165) is 27.1 Å². The standard InChI is InChI=1S/C28H30O10P2/c29-12-13-35-39(31,32)36-14-15-37-40(33,34)38-18-19(17-30)16-21-10-11-26-24-8-2-5-20-4-1-7-23(27(20)24)25-9-3-6-22(21)28(25)26/h1-11,19,29-30H,12-18H2,(H,31,32)(H,33,34). The van der Waals surface area contributed by atoms with Crippen LogP contribution in [-0.4, -0.2) is 59.6 Å². The number of aliphatic hydroxyl groups is 2. The number of benzene rings is 5. The summed E-state index contributed by atoms with van der Waals surface area (Å²) in [5.41, 5.74) is 0.971. The minimum atomic E-state index is -4.53. The number of hydrogen-bond donors (Lipinski definition) is 4. The quantitative estimate of drug-likeness (QED) is 0.0593. The van der Waals surface area contributed by atoms with Gasteiger partial charge in [0.2, 0.25) is 0 Å². The van der Waals surface area contributed by atoms with Crippen LogP contribution in [0.15, 0.2) is 66.7 Å². The molecular weight excluding hydrogens is 558 g/mol. The molecule has 5 aromatic rings. The zero-order valence-corrected chi connectivity index (χ0v) is 23.3. The Morgan fingerprint density at radius 3 is 1.77 bits per heavy atom. The third kappa shape index (κ3) is 6.22. The summed E-state index contributed by atoms with van der Waals surface area (Å²) in [5, 5.41) is 27.9. The average Bonchev–Trinajstić information content (AvgIpc) is 2.95. The van der Waals surface area contributed by atoms with Crippen LogP contribution in [0.4, 0.5) is 0 Å². The third-order valence-electron chi connectivity index (χ3n) is 6.79. The van der Waals surface area contributed by atoms with Crippen molar-refractivity contribution in [3.63, 3.8) is 0 Å². The molecule has 5 rings (SSSR count). The van der Waals surface area contributed by atoms with Crippen molar-refractivity contribution >= 4 is 58.7 Å². The van der Waals surface area contributed by atoms with Crippen LogP contribution >= 0.6 is 15.6 Å². The molecule has 10 nitrogen and oxygen atoms in total. The molecule has 0 radical (unpaired) electrons. The molecule has 3 atom stereocenters. The van der Waals surface area contributed by atoms with Crippen molar-refractivity contribution in [3.8, 4) is 0 Å². The molecule has 0 fully saturated rings. The van der Waals surface area contributed by atoms with E-state index in [1.54, 1.807) is 0 Å². The monoisotopic (exact) mass is 588 g/mol. The Labute approximate surface area is 230 Å². The highest BCUT2D eigenvalue weighted by Gasteiger charge is 2.26. The maximum absolute atomic E-state index is 12.3. The number of aliphatic hydroxyl groups excluding tert-OH is 2. The van der Waals surface area contributed by atoms with Crippen LogP contribution in [0.3, 0.4) is 0 Å². The molecule has 212 valence electrons. The fraction of sp³-hybridized carbons (Fsp3) is 0.286. The molecule has 0 heterocycles. The van der Waals surface area contributed by atoms with Gasteiger partial charge in [0.1, 0.15) is 0 Å². The van der Waals surface area contributed by atoms with Crippen molar-refractivity contribution in [1.82, 2.24) is 0 Å². The normalized spacial score (nSPS) is 16.1. The second-order valence-corrected chi connectivity index (χ2v) is 12.3. The van der Waals surface area contributed by atoms with Crippen LogP contribution in [0.2, 0.25) is 0 Å². The Kier molecular flexibility index (Phi) is 8.85. The maximum atomic E-state index is 12.3. The molecule has 0 bridgehead atoms. The highest BCUT2D eigenvalue weighted by molar-refractivity contribution is 7.47. The van der Waals surface area contributed by atoms with E-state index >= 15 is 0 Å². The predicted octanol–water partition coefficient (Wildman–Crippen LogP) is 5.15. The summed E-state index contributed by atoms with van der Waals surface area (Å²) in [6.07, 6.45) is 0.390. The minimum absolute atomic E-state index is 0.256. The van der Waals surface area contributed by atoms with Crippen molar-refractivity contribution < 1.29 is 47.2 Å². The molecule has 0 saturated carbocycles. The van der Waals surface area contributed by atoms with Gasteiger partial charge in [0.25, 0.3) is 0 Å². The molecule has 12 heteroatoms. The second-order valence-electron chi connectivity index (χ2n) is 9.42. The van der Waals surface area contributed by atoms with E-state index in [-0.39, 0.29) is 13.2 Å². The minimum Gasteiger partial charge on any atom is -0.396 e. The Morgan fingerprint density at radius 1 is 0.625 bits per heavy atom. The Balaban J connectivity index is 1.30. The maximum Gasteiger partial charge on any atom is 0.472 e. The Bertz CT molecular complexity index is 1670. The van der Waals surface area contributed by atoms with Crippen molar-refractivity contribution in [3.05, 3.63) is 72.3 Å². The van der Waals surface area contributed by atoms with Crippen LogP contribution in [-0.2, 0) is 33.6 Å². The molecule has 4 N–H and O–H groups in total. The van der Waals surface area contributed by atoms with Gasteiger partial charge >= 0.3 is 15.6 Å². The zero-order chi connectivity index (χ0) is 28.3. The molecule has 0 amide bonds. The van der Waals surface area contributed by atoms with Crippen LogP contribution in [0.25, 0.3) is 43.1 Å². The lowest BCUT2D eigenvalue weighted by atomic mass is 9.87. The van der Waals surface area contributed by atoms with Crippen LogP contribution in [0, 0.1) is 5.92 Å². The molecular formula is C28H30O10P2. The SMILES string of the molecule is O=P(O)(OCCO)OCCOP(=O)(O)OCC(CO)Cc1ccc2c3cccc4cccc(c5cccc1c52)c43. The molecule has 0 spiro atoms. The lowest BCUT2D eigenvalue weighted by molar-refractivity contribution is 0.0829. The number of rotatable bonds is 14. The number of fused-ring (bicyclic) bond motifs is 2. The summed E-state index contributed by atoms with van der Waals surface area (Å²) in [7, 11) is -8.94. The third-order valence-corrected chi connectivity index (χ3v) is 8.80. The lowest BCUT2D eigenvalue weighted by Gasteiger charge is -2.20. The first kappa shape index (κ1) is 29.0. The molecule has 0 saturated heterocycles. The van der Waals surface area contributed by atoms with E-state index < -0.39 is 48.0 Å². The van der Waals surface area contributed by atoms with Gasteiger partial charge in [0.15, 0.2) is 0 Å². The van der Waals surface area contributed by atoms with Gasteiger partial charge in [-0.15, -0.1) is 0 Å². The van der Waals surface area contributed by atoms with E-state index in [1.165, 1.54) is 21.5 Å². The molecule has 5 aromatic carbocycles. The second kappa shape index (κ2) is 12.2. The van der Waals surface area contributed by atoms with Crippen molar-refractivity contribution in [2.45, 2.75) is 6.42 Å². The van der Waals surface area contributed by atoms with Crippen LogP contribution in [0.5, 0.6) is 0 Å². The van der Waals surface area contributed by atoms with Crippen molar-refractivity contribution in [1.29, 1.82) is 0 Å². The predicted molar refractivity (Wildman–Crippen MR) is 152 cm³/mol. The molecule has 0 aromatic heterocycles. The topological polar surface area (TPSA) is 152 Å². The van der Waals surface area contributed by atoms with E-state index in [4.69, 9.17) is 14.2 Å². The van der Waals surface area contributed by atoms with Gasteiger partial charge in [0, 0.05) is 12.5 Å². The first-order chi connectivity index (χ1) is 19.2. The van der Waals surface area contributed by atoms with Gasteiger partial charge in [-0.25, -0.2) is 9.13 Å². The zero-order valence-electron chi connectivity index (χ0n) is 21.5. The van der Waals surface area contributed by atoms with E-state index in [2.05, 4.69) is 57.6 Å². The Hall–Kier alpha value is -2.46. The fourth-order valence-corrected chi connectivity index (χ4v) is 6.58. The summed E-state index contributed by atoms with van der Waals surface area (Å²) in [6, 6.07) is 22.9. The van der Waals surface area contributed by atoms with Gasteiger partial charge in [-0.05, 0) is 55.1 Å². The largest absolute Gasteiger partial charge is 0.472 e. The van der Waals surface area contributed by atoms with Gasteiger partial charge in [-0.3, -0.25) is 18.1 Å². The number of phosphoric acid groups is 2. The fourth-order valence-electron chi connectivity index (χ4n) is 5.11. The van der Waals surface area contributed by atoms with Gasteiger partial charge in [0.05, 0.1) is 33.0 Å². The molecule has 0 aliphatic carbocycles. The summed E-state index contributed by atoms with van der Waals surface area (Å²) >= 11 is 0. The number of phosphoric ester groups is 2. The summed E-state index contributed by atoms with van der Waals surface area (Å²) < 4.78 is 42.8. The summed E-state index contributed by atoms with van der Waals surface area (Å²) in [4.78, 5) is 19.4. The first-order valence-electron chi connectivity index (χ1n) is 12.8. The molecule has 40 heavy (non-hydrogen) atoms. The smallest absolute Gasteiger partial charge is 0.396 e. The summed E-state index contributed by atoms with van der Waals surface area (Å²) in [6.45, 7) is -2.45. The molecule has 3 unspecified atom stereocenters. The highest BCUT2D eigenvalue weighted by Crippen LogP contribution is 2.46. The Morgan fingerprint density at radius 2 is 1.15 bits per heavy atom. The molecule has 0 aliphatic heterocycles. The average molecular weight is 588 g/mol. The summed E-state index contributed by atoms with van der Waals surface area (Å²) in [5.74, 6) is -0.499. The van der Waals surface area contributed by atoms with Crippen LogP contribution in [0.1, 0.15) is 5.56 Å². The van der Waals surface area contributed by atoms with E-state index in [1.807, 2.05) is 18.2 Å². The highest BCUT2D eigenvalue weighted by atomic mass is 31.2. The van der Waals surface area contributed by atoms with Gasteiger partial charge in [-0.1, -0.05) is 66.7 Å². The first-order valence-corrected chi connectivity index (χ1v) is 15.7. The van der Waals surface area contributed by atoms with E-state index in [9.17, 15) is 24.0 Å². The lowest BCUT2D eigenvalue weighted by Crippen LogP contribution is -2.17. The van der Waals surface area contributed by atoms with E-state index in [0.29, 0.717) is 6.42 Å². The van der Waals surface area contributed by atoms with Gasteiger partial charge in [-0.2, -0.15) is 0 Å². The molecule has 0 aliphatic rings. The van der Waals surface area contributed by atoms with Crippen LogP contribution < -0.4 is 0 Å². The van der Waals surface area contributed by atoms with Gasteiger partial charge < -0.3 is 20.0 Å². The number of hydrogen-bond acceptors (Lipinski definition) is 8. The van der Waals surface area contributed by atoms with Crippen molar-refractivity contribution in [2.75, 3.05) is 39.6 Å².